The fourth-order valence-electron chi connectivity index (χ4n) is 0.568. The Balaban J connectivity index is 0. The maximum atomic E-state index is 8.00. The molecule has 3 nitrogen and oxygen atoms in total. The number of rotatable bonds is 5. The Morgan fingerprint density at radius 3 is 2.36 bits per heavy atom. The zero-order valence-electron chi connectivity index (χ0n) is 7.72. The van der Waals surface area contributed by atoms with Crippen molar-refractivity contribution in [3.63, 3.8) is 0 Å². The van der Waals surface area contributed by atoms with E-state index in [1.54, 1.807) is 0 Å². The Labute approximate surface area is 69.1 Å². The molecule has 0 saturated heterocycles. The van der Waals surface area contributed by atoms with Gasteiger partial charge in [0.25, 0.3) is 0 Å². The van der Waals surface area contributed by atoms with E-state index >= 15 is 0 Å². The minimum Gasteiger partial charge on any atom is -0.379 e. The summed E-state index contributed by atoms with van der Waals surface area (Å²) in [5, 5.41) is 3.06. The van der Waals surface area contributed by atoms with Gasteiger partial charge in [-0.3, -0.25) is 0 Å². The van der Waals surface area contributed by atoms with Gasteiger partial charge in [-0.2, -0.15) is 0 Å². The van der Waals surface area contributed by atoms with E-state index in [0.29, 0.717) is 6.10 Å². The van der Waals surface area contributed by atoms with Gasteiger partial charge in [-0.15, -0.1) is 0 Å². The molecule has 68 valence electrons. The van der Waals surface area contributed by atoms with Crippen LogP contribution in [0.15, 0.2) is 0 Å². The highest BCUT2D eigenvalue weighted by Gasteiger charge is 1.90. The summed E-state index contributed by atoms with van der Waals surface area (Å²) in [6.45, 7) is 8.03. The van der Waals surface area contributed by atoms with Crippen LogP contribution in [0.1, 0.15) is 20.3 Å². The van der Waals surface area contributed by atoms with Crippen molar-refractivity contribution >= 4 is 6.79 Å². The molecule has 0 rings (SSSR count). The molecule has 1 N–H and O–H groups in total. The molecule has 0 aromatic rings. The molecule has 0 fully saturated rings. The second-order valence-electron chi connectivity index (χ2n) is 2.38. The fourth-order valence-corrected chi connectivity index (χ4v) is 0.568. The first kappa shape index (κ1) is 13.2. The SMILES string of the molecule is C=O.CNCCCOC(C)C. The normalized spacial score (nSPS) is 9.09. The van der Waals surface area contributed by atoms with Crippen LogP contribution in [0, 0.1) is 0 Å². The van der Waals surface area contributed by atoms with Gasteiger partial charge in [0.1, 0.15) is 6.79 Å². The summed E-state index contributed by atoms with van der Waals surface area (Å²) in [6, 6.07) is 0. The molecule has 0 atom stereocenters. The first-order valence-electron chi connectivity index (χ1n) is 3.82. The van der Waals surface area contributed by atoms with E-state index in [9.17, 15) is 0 Å². The van der Waals surface area contributed by atoms with E-state index in [0.717, 1.165) is 19.6 Å². The van der Waals surface area contributed by atoms with E-state index in [1.165, 1.54) is 0 Å². The van der Waals surface area contributed by atoms with Crippen LogP contribution in [0.3, 0.4) is 0 Å². The number of ether oxygens (including phenoxy) is 1. The Morgan fingerprint density at radius 1 is 1.45 bits per heavy atom. The third-order valence-electron chi connectivity index (χ3n) is 1.02. The molecule has 0 saturated carbocycles. The Morgan fingerprint density at radius 2 is 2.00 bits per heavy atom. The van der Waals surface area contributed by atoms with Crippen molar-refractivity contribution in [2.45, 2.75) is 26.4 Å². The van der Waals surface area contributed by atoms with Crippen LogP contribution in [0.5, 0.6) is 0 Å². The minimum absolute atomic E-state index is 0.377. The van der Waals surface area contributed by atoms with Gasteiger partial charge in [0.05, 0.1) is 6.10 Å². The van der Waals surface area contributed by atoms with E-state index in [2.05, 4.69) is 19.2 Å². The molecule has 0 aromatic carbocycles. The first-order chi connectivity index (χ1) is 5.27. The van der Waals surface area contributed by atoms with Gasteiger partial charge in [-0.25, -0.2) is 0 Å². The summed E-state index contributed by atoms with van der Waals surface area (Å²) in [7, 11) is 1.95. The van der Waals surface area contributed by atoms with Crippen molar-refractivity contribution in [1.29, 1.82) is 0 Å². The van der Waals surface area contributed by atoms with Crippen LogP contribution in [0.4, 0.5) is 0 Å². The number of hydrogen-bond acceptors (Lipinski definition) is 3. The number of carbonyl (C=O) groups excluding carboxylic acids is 1. The quantitative estimate of drug-likeness (QED) is 0.607. The van der Waals surface area contributed by atoms with Crippen molar-refractivity contribution in [1.82, 2.24) is 5.32 Å². The molecule has 0 aliphatic carbocycles. The summed E-state index contributed by atoms with van der Waals surface area (Å²) in [6.07, 6.45) is 1.48. The lowest BCUT2D eigenvalue weighted by molar-refractivity contribution is -0.0979. The Hall–Kier alpha value is -0.410. The predicted molar refractivity (Wildman–Crippen MR) is 46.8 cm³/mol. The van der Waals surface area contributed by atoms with E-state index in [-0.39, 0.29) is 0 Å². The summed E-state index contributed by atoms with van der Waals surface area (Å²) in [5.41, 5.74) is 0. The van der Waals surface area contributed by atoms with Crippen LogP contribution < -0.4 is 5.32 Å². The third-order valence-corrected chi connectivity index (χ3v) is 1.02. The lowest BCUT2D eigenvalue weighted by Gasteiger charge is -2.05. The van der Waals surface area contributed by atoms with Crippen LogP contribution in [0.2, 0.25) is 0 Å². The van der Waals surface area contributed by atoms with Gasteiger partial charge in [-0.1, -0.05) is 0 Å². The van der Waals surface area contributed by atoms with E-state index < -0.39 is 0 Å². The summed E-state index contributed by atoms with van der Waals surface area (Å²) in [4.78, 5) is 8.00. The summed E-state index contributed by atoms with van der Waals surface area (Å²) < 4.78 is 5.30. The lowest BCUT2D eigenvalue weighted by atomic mass is 10.4. The number of carbonyl (C=O) groups is 1. The zero-order chi connectivity index (χ0) is 9.11. The monoisotopic (exact) mass is 161 g/mol. The van der Waals surface area contributed by atoms with Crippen molar-refractivity contribution in [2.75, 3.05) is 20.2 Å². The van der Waals surface area contributed by atoms with Gasteiger partial charge in [0.15, 0.2) is 0 Å². The maximum Gasteiger partial charge on any atom is 0.106 e. The second-order valence-corrected chi connectivity index (χ2v) is 2.38. The molecule has 0 spiro atoms. The Kier molecular flexibility index (Phi) is 14.7. The summed E-state index contributed by atoms with van der Waals surface area (Å²) in [5.74, 6) is 0. The van der Waals surface area contributed by atoms with Crippen molar-refractivity contribution in [3.05, 3.63) is 0 Å². The van der Waals surface area contributed by atoms with Crippen LogP contribution in [-0.4, -0.2) is 33.1 Å². The van der Waals surface area contributed by atoms with Crippen molar-refractivity contribution in [3.8, 4) is 0 Å². The zero-order valence-corrected chi connectivity index (χ0v) is 7.72. The molecular formula is C8H19NO2. The van der Waals surface area contributed by atoms with Crippen molar-refractivity contribution < 1.29 is 9.53 Å². The molecule has 0 aliphatic rings. The van der Waals surface area contributed by atoms with Crippen LogP contribution in [-0.2, 0) is 9.53 Å². The highest BCUT2D eigenvalue weighted by atomic mass is 16.5. The van der Waals surface area contributed by atoms with Gasteiger partial charge >= 0.3 is 0 Å². The largest absolute Gasteiger partial charge is 0.379 e. The van der Waals surface area contributed by atoms with Gasteiger partial charge in [0.2, 0.25) is 0 Å². The molecule has 0 aliphatic heterocycles. The predicted octanol–water partition coefficient (Wildman–Crippen LogP) is 0.836. The standard InChI is InChI=1S/C7H17NO.CH2O/c1-7(2)9-6-4-5-8-3;1-2/h7-8H,4-6H2,1-3H3;1H2. The molecule has 0 heterocycles. The molecule has 0 amide bonds. The molecular weight excluding hydrogens is 142 g/mol. The van der Waals surface area contributed by atoms with Crippen molar-refractivity contribution in [2.24, 2.45) is 0 Å². The van der Waals surface area contributed by atoms with Crippen LogP contribution in [0.25, 0.3) is 0 Å². The van der Waals surface area contributed by atoms with Gasteiger partial charge in [0, 0.05) is 6.61 Å². The third kappa shape index (κ3) is 17.7. The van der Waals surface area contributed by atoms with E-state index in [4.69, 9.17) is 9.53 Å². The molecule has 0 radical (unpaired) electrons. The molecule has 11 heavy (non-hydrogen) atoms. The minimum atomic E-state index is 0.377. The molecule has 0 aromatic heterocycles. The highest BCUT2D eigenvalue weighted by Crippen LogP contribution is 1.88. The first-order valence-corrected chi connectivity index (χ1v) is 3.82. The number of nitrogens with one attached hydrogen (secondary N) is 1. The summed E-state index contributed by atoms with van der Waals surface area (Å²) >= 11 is 0. The molecule has 3 heteroatoms. The second kappa shape index (κ2) is 12.3. The van der Waals surface area contributed by atoms with Gasteiger partial charge in [-0.05, 0) is 33.9 Å². The Bertz CT molecular complexity index is 67.1. The topological polar surface area (TPSA) is 38.3 Å². The molecule has 0 bridgehead atoms. The molecule has 0 unspecified atom stereocenters. The lowest BCUT2D eigenvalue weighted by Crippen LogP contribution is -2.12. The maximum absolute atomic E-state index is 8.00. The number of hydrogen-bond donors (Lipinski definition) is 1. The van der Waals surface area contributed by atoms with Gasteiger partial charge < -0.3 is 14.8 Å². The highest BCUT2D eigenvalue weighted by molar-refractivity contribution is 5.10. The smallest absolute Gasteiger partial charge is 0.106 e. The fraction of sp³-hybridized carbons (Fsp3) is 0.875. The van der Waals surface area contributed by atoms with Crippen LogP contribution >= 0.6 is 0 Å². The average molecular weight is 161 g/mol. The van der Waals surface area contributed by atoms with E-state index in [1.807, 2.05) is 13.8 Å². The average Bonchev–Trinajstić information content (AvgIpc) is 2.02.